The Bertz CT molecular complexity index is 231. The molecule has 0 N–H and O–H groups in total. The molecule has 0 aliphatic rings. The molecule has 0 aliphatic carbocycles. The second-order valence-electron chi connectivity index (χ2n) is 1.31. The predicted octanol–water partition coefficient (Wildman–Crippen LogP) is 0.197. The molecule has 4 heteroatoms. The van der Waals surface area contributed by atoms with Gasteiger partial charge in [0.05, 0.1) is 6.26 Å². The highest BCUT2D eigenvalue weighted by Crippen LogP contribution is 1.82. The first-order valence-corrected chi connectivity index (χ1v) is 2.66. The number of hydrogen-bond acceptors (Lipinski definition) is 4. The molecule has 0 aromatic carbocycles. The van der Waals surface area contributed by atoms with Crippen molar-refractivity contribution in [2.24, 2.45) is 0 Å². The molecule has 0 bridgehead atoms. The Morgan fingerprint density at radius 2 is 2.09 bits per heavy atom. The van der Waals surface area contributed by atoms with E-state index in [9.17, 15) is 9.59 Å². The van der Waals surface area contributed by atoms with Gasteiger partial charge >= 0.3 is 11.9 Å². The van der Waals surface area contributed by atoms with Gasteiger partial charge in [-0.05, 0) is 0 Å². The number of rotatable bonds is 1. The van der Waals surface area contributed by atoms with Crippen LogP contribution in [0.5, 0.6) is 0 Å². The Morgan fingerprint density at radius 3 is 2.55 bits per heavy atom. The fourth-order valence-corrected chi connectivity index (χ4v) is 0.263. The third kappa shape index (κ3) is 3.76. The minimum Gasteiger partial charge on any atom is -0.427 e. The lowest BCUT2D eigenvalue weighted by Crippen LogP contribution is -2.15. The van der Waals surface area contributed by atoms with E-state index in [0.29, 0.717) is 0 Å². The van der Waals surface area contributed by atoms with Crippen molar-refractivity contribution in [3.05, 3.63) is 12.8 Å². The van der Waals surface area contributed by atoms with Gasteiger partial charge in [-0.3, -0.25) is 0 Å². The lowest BCUT2D eigenvalue weighted by Gasteiger charge is -1.92. The lowest BCUT2D eigenvalue weighted by molar-refractivity contribution is -0.160. The van der Waals surface area contributed by atoms with Gasteiger partial charge in [-0.25, -0.2) is 9.59 Å². The molecule has 0 heterocycles. The highest BCUT2D eigenvalue weighted by molar-refractivity contribution is 6.30. The van der Waals surface area contributed by atoms with E-state index in [1.165, 1.54) is 6.92 Å². The first-order chi connectivity index (χ1) is 5.22. The first kappa shape index (κ1) is 9.24. The van der Waals surface area contributed by atoms with Gasteiger partial charge in [-0.1, -0.05) is 12.5 Å². The van der Waals surface area contributed by atoms with Crippen LogP contribution in [0, 0.1) is 12.0 Å². The third-order valence-corrected chi connectivity index (χ3v) is 0.603. The largest absolute Gasteiger partial charge is 0.431 e. The molecular weight excluding hydrogens is 148 g/mol. The number of hydrogen-bond donors (Lipinski definition) is 0. The lowest BCUT2D eigenvalue weighted by atomic mass is 10.7. The minimum absolute atomic E-state index is 0.836. The van der Waals surface area contributed by atoms with Crippen LogP contribution in [-0.2, 0) is 19.1 Å². The molecule has 0 saturated heterocycles. The number of esters is 2. The topological polar surface area (TPSA) is 52.6 Å². The summed E-state index contributed by atoms with van der Waals surface area (Å²) in [6.45, 7) is 4.54. The van der Waals surface area contributed by atoms with Crippen LogP contribution in [0.1, 0.15) is 6.92 Å². The molecule has 0 aromatic rings. The van der Waals surface area contributed by atoms with Crippen molar-refractivity contribution in [1.29, 1.82) is 0 Å². The second kappa shape index (κ2) is 5.06. The predicted molar refractivity (Wildman–Crippen MR) is 35.8 cm³/mol. The number of carbonyl (C=O) groups is 2. The van der Waals surface area contributed by atoms with Crippen LogP contribution in [0.3, 0.4) is 0 Å². The molecule has 0 spiro atoms. The van der Waals surface area contributed by atoms with Gasteiger partial charge in [-0.15, -0.1) is 0 Å². The molecule has 0 aliphatic heterocycles. The van der Waals surface area contributed by atoms with E-state index < -0.39 is 11.9 Å². The van der Waals surface area contributed by atoms with Crippen molar-refractivity contribution in [3.63, 3.8) is 0 Å². The SMILES string of the molecule is C=COC(=O)C(=O)OC#CC. The van der Waals surface area contributed by atoms with Crippen molar-refractivity contribution < 1.29 is 19.1 Å². The molecule has 0 amide bonds. The van der Waals surface area contributed by atoms with E-state index in [1.807, 2.05) is 6.11 Å². The third-order valence-electron chi connectivity index (χ3n) is 0.603. The van der Waals surface area contributed by atoms with Crippen LogP contribution in [0.4, 0.5) is 0 Å². The maximum Gasteiger partial charge on any atom is 0.431 e. The van der Waals surface area contributed by atoms with Crippen molar-refractivity contribution in [1.82, 2.24) is 0 Å². The number of ether oxygens (including phenoxy) is 2. The molecule has 0 atom stereocenters. The normalized spacial score (nSPS) is 7.00. The fourth-order valence-electron chi connectivity index (χ4n) is 0.263. The van der Waals surface area contributed by atoms with Crippen molar-refractivity contribution in [3.8, 4) is 12.0 Å². The van der Waals surface area contributed by atoms with Crippen LogP contribution in [-0.4, -0.2) is 11.9 Å². The van der Waals surface area contributed by atoms with Crippen molar-refractivity contribution in [2.45, 2.75) is 6.92 Å². The molecule has 0 rings (SSSR count). The van der Waals surface area contributed by atoms with Crippen molar-refractivity contribution >= 4 is 11.9 Å². The van der Waals surface area contributed by atoms with E-state index >= 15 is 0 Å². The fraction of sp³-hybridized carbons (Fsp3) is 0.143. The highest BCUT2D eigenvalue weighted by Gasteiger charge is 2.14. The van der Waals surface area contributed by atoms with E-state index in [4.69, 9.17) is 0 Å². The summed E-state index contributed by atoms with van der Waals surface area (Å²) in [6, 6.07) is 0. The van der Waals surface area contributed by atoms with Gasteiger partial charge in [0.15, 0.2) is 0 Å². The van der Waals surface area contributed by atoms with Crippen LogP contribution in [0.2, 0.25) is 0 Å². The van der Waals surface area contributed by atoms with E-state index in [2.05, 4.69) is 22.0 Å². The molecule has 11 heavy (non-hydrogen) atoms. The summed E-state index contributed by atoms with van der Waals surface area (Å²) in [5.74, 6) is -0.0209. The van der Waals surface area contributed by atoms with Gasteiger partial charge in [0.1, 0.15) is 6.11 Å². The molecule has 0 aromatic heterocycles. The van der Waals surface area contributed by atoms with E-state index in [-0.39, 0.29) is 0 Å². The summed E-state index contributed by atoms with van der Waals surface area (Å²) in [7, 11) is 0. The van der Waals surface area contributed by atoms with Gasteiger partial charge in [0.2, 0.25) is 0 Å². The first-order valence-electron chi connectivity index (χ1n) is 2.66. The van der Waals surface area contributed by atoms with Crippen LogP contribution >= 0.6 is 0 Å². The van der Waals surface area contributed by atoms with Gasteiger partial charge in [0.25, 0.3) is 0 Å². The van der Waals surface area contributed by atoms with Crippen LogP contribution < -0.4 is 0 Å². The Labute approximate surface area is 63.8 Å². The maximum absolute atomic E-state index is 10.4. The zero-order chi connectivity index (χ0) is 8.69. The van der Waals surface area contributed by atoms with Gasteiger partial charge < -0.3 is 9.47 Å². The van der Waals surface area contributed by atoms with Crippen LogP contribution in [0.15, 0.2) is 12.8 Å². The molecule has 0 fully saturated rings. The Morgan fingerprint density at radius 1 is 1.45 bits per heavy atom. The highest BCUT2D eigenvalue weighted by atomic mass is 16.6. The Kier molecular flexibility index (Phi) is 4.25. The summed E-state index contributed by atoms with van der Waals surface area (Å²) >= 11 is 0. The summed E-state index contributed by atoms with van der Waals surface area (Å²) in [6.07, 6.45) is 2.79. The summed E-state index contributed by atoms with van der Waals surface area (Å²) in [5, 5.41) is 0. The Hall–Kier alpha value is -1.76. The molecular formula is C7H6O4. The molecule has 58 valence electrons. The zero-order valence-electron chi connectivity index (χ0n) is 5.92. The maximum atomic E-state index is 10.4. The quantitative estimate of drug-likeness (QED) is 0.234. The summed E-state index contributed by atoms with van der Waals surface area (Å²) in [5.41, 5.74) is 0. The zero-order valence-corrected chi connectivity index (χ0v) is 5.92. The van der Waals surface area contributed by atoms with E-state index in [1.54, 1.807) is 0 Å². The molecule has 0 unspecified atom stereocenters. The number of carbonyl (C=O) groups excluding carboxylic acids is 2. The van der Waals surface area contributed by atoms with Crippen LogP contribution in [0.25, 0.3) is 0 Å². The smallest absolute Gasteiger partial charge is 0.427 e. The minimum atomic E-state index is -1.15. The average molecular weight is 154 g/mol. The Balaban J connectivity index is 3.89. The standard InChI is InChI=1S/C7H6O4/c1-3-5-11-7(9)6(8)10-4-2/h4H,2H2,1H3. The summed E-state index contributed by atoms with van der Waals surface area (Å²) < 4.78 is 8.17. The summed E-state index contributed by atoms with van der Waals surface area (Å²) in [4.78, 5) is 20.9. The van der Waals surface area contributed by atoms with Crippen molar-refractivity contribution in [2.75, 3.05) is 0 Å². The molecule has 0 saturated carbocycles. The van der Waals surface area contributed by atoms with E-state index in [0.717, 1.165) is 6.26 Å². The monoisotopic (exact) mass is 154 g/mol. The second-order valence-corrected chi connectivity index (χ2v) is 1.31. The van der Waals surface area contributed by atoms with Gasteiger partial charge in [-0.2, -0.15) is 0 Å². The van der Waals surface area contributed by atoms with Gasteiger partial charge in [0, 0.05) is 6.92 Å². The average Bonchev–Trinajstić information content (AvgIpc) is 2.00. The molecule has 4 nitrogen and oxygen atoms in total. The molecule has 0 radical (unpaired) electrons.